The highest BCUT2D eigenvalue weighted by Crippen LogP contribution is 2.53. The van der Waals surface area contributed by atoms with Crippen LogP contribution in [0.25, 0.3) is 70.7 Å². The molecule has 316 valence electrons. The van der Waals surface area contributed by atoms with Gasteiger partial charge in [-0.05, 0) is 117 Å². The smallest absolute Gasteiger partial charge is 0.346 e. The van der Waals surface area contributed by atoms with E-state index in [0.717, 1.165) is 50.6 Å². The Balaban J connectivity index is 0.971. The summed E-state index contributed by atoms with van der Waals surface area (Å²) < 4.78 is 41.4. The lowest BCUT2D eigenvalue weighted by molar-refractivity contribution is -0.132. The first-order chi connectivity index (χ1) is 31.3. The maximum Gasteiger partial charge on any atom is 0.346 e. The van der Waals surface area contributed by atoms with E-state index in [1.807, 2.05) is 6.07 Å². The van der Waals surface area contributed by atoms with Gasteiger partial charge in [-0.3, -0.25) is 0 Å². The van der Waals surface area contributed by atoms with E-state index in [9.17, 15) is 15.2 Å². The van der Waals surface area contributed by atoms with Crippen LogP contribution in [-0.4, -0.2) is 19.8 Å². The Morgan fingerprint density at radius 2 is 1.09 bits per heavy atom. The molecule has 3 aromatic heterocycles. The molecule has 11 rings (SSSR count). The van der Waals surface area contributed by atoms with E-state index in [-0.39, 0.29) is 33.0 Å². The van der Waals surface area contributed by atoms with Crippen molar-refractivity contribution in [2.45, 2.75) is 38.5 Å². The maximum absolute atomic E-state index is 16.3. The molecule has 9 aromatic rings. The van der Waals surface area contributed by atoms with Gasteiger partial charge in [0.2, 0.25) is 0 Å². The Hall–Kier alpha value is -7.10. The molecule has 0 fully saturated rings. The van der Waals surface area contributed by atoms with Crippen LogP contribution in [0.2, 0.25) is 0 Å². The summed E-state index contributed by atoms with van der Waals surface area (Å²) in [5, 5.41) is 18.5. The average Bonchev–Trinajstić information content (AvgIpc) is 4.16. The Morgan fingerprint density at radius 1 is 0.615 bits per heavy atom. The Morgan fingerprint density at radius 3 is 1.63 bits per heavy atom. The lowest BCUT2D eigenvalue weighted by Gasteiger charge is -2.30. The third-order valence-electron chi connectivity index (χ3n) is 13.0. The molecule has 0 saturated carbocycles. The van der Waals surface area contributed by atoms with Gasteiger partial charge < -0.3 is 10.0 Å². The first kappa shape index (κ1) is 40.7. The minimum Gasteiger partial charge on any atom is -0.477 e. The molecule has 6 aromatic carbocycles. The molecule has 0 saturated heterocycles. The molecular formula is C54H36F2N4O2S3. The second kappa shape index (κ2) is 15.0. The molecular weight excluding hydrogens is 871 g/mol. The van der Waals surface area contributed by atoms with Crippen LogP contribution in [0.5, 0.6) is 0 Å². The fraction of sp³-hybridized carbons (Fsp3) is 0.111. The highest BCUT2D eigenvalue weighted by atomic mass is 32.1. The number of benzene rings is 6. The van der Waals surface area contributed by atoms with Crippen molar-refractivity contribution >= 4 is 74.5 Å². The van der Waals surface area contributed by atoms with Crippen LogP contribution in [-0.2, 0) is 15.6 Å². The van der Waals surface area contributed by atoms with Crippen molar-refractivity contribution in [1.29, 1.82) is 5.26 Å². The number of anilines is 3. The van der Waals surface area contributed by atoms with Gasteiger partial charge in [0.05, 0.1) is 22.9 Å². The average molecular weight is 907 g/mol. The van der Waals surface area contributed by atoms with Gasteiger partial charge in [-0.15, -0.1) is 22.7 Å². The molecule has 1 N–H and O–H groups in total. The van der Waals surface area contributed by atoms with Crippen molar-refractivity contribution in [3.8, 4) is 59.6 Å². The standard InChI is InChI=1S/C54H36F2N4O2S3/c1-53(2)39-11-7-5-9-35(39)37-20-17-32(26-41(37)53)60(33-18-21-38-36-10-6-8-12-40(36)54(3,4)42(38)27-33)31-15-13-29(14-16-31)43-23-24-45(64-43)47-49(56)48(55)46(50-51(47)59-65-58-50)44-22-19-34(63-44)25-30(28-57)52(61)62/h5-27H,1-4H3,(H,61,62)/b30-25+. The number of nitriles is 1. The number of carboxylic acid groups (broad SMARTS) is 1. The zero-order valence-electron chi connectivity index (χ0n) is 35.4. The van der Waals surface area contributed by atoms with Gasteiger partial charge in [-0.1, -0.05) is 100 Å². The molecule has 0 radical (unpaired) electrons. The fourth-order valence-electron chi connectivity index (χ4n) is 9.75. The van der Waals surface area contributed by atoms with Gasteiger partial charge in [-0.25, -0.2) is 13.6 Å². The zero-order chi connectivity index (χ0) is 44.9. The van der Waals surface area contributed by atoms with E-state index in [1.54, 1.807) is 24.3 Å². The number of thiophene rings is 2. The van der Waals surface area contributed by atoms with Crippen molar-refractivity contribution in [3.05, 3.63) is 178 Å². The summed E-state index contributed by atoms with van der Waals surface area (Å²) in [7, 11) is 0. The molecule has 11 heteroatoms. The predicted molar refractivity (Wildman–Crippen MR) is 260 cm³/mol. The SMILES string of the molecule is CC1(C)c2ccccc2-c2ccc(N(c3ccc(-c4ccc(-c5c(F)c(F)c(-c6ccc(/C=C(\C#N)C(=O)O)s6)c6nsnc56)s4)cc3)c3ccc4c(c3)C(C)(C)c3ccccc3-4)cc21. The molecule has 2 aliphatic rings. The van der Waals surface area contributed by atoms with E-state index in [0.29, 0.717) is 14.6 Å². The summed E-state index contributed by atoms with van der Waals surface area (Å²) in [5.41, 5.74) is 13.8. The van der Waals surface area contributed by atoms with Gasteiger partial charge in [0, 0.05) is 47.4 Å². The maximum atomic E-state index is 16.3. The number of halogens is 2. The topological polar surface area (TPSA) is 90.1 Å². The normalized spacial score (nSPS) is 14.1. The Bertz CT molecular complexity index is 3430. The van der Waals surface area contributed by atoms with Gasteiger partial charge in [0.15, 0.2) is 11.6 Å². The van der Waals surface area contributed by atoms with Crippen molar-refractivity contribution in [2.24, 2.45) is 0 Å². The van der Waals surface area contributed by atoms with Gasteiger partial charge in [0.1, 0.15) is 22.7 Å². The monoisotopic (exact) mass is 906 g/mol. The van der Waals surface area contributed by atoms with Crippen LogP contribution in [0.3, 0.4) is 0 Å². The molecule has 0 bridgehead atoms. The number of hydrogen-bond donors (Lipinski definition) is 1. The number of fused-ring (bicyclic) bond motifs is 7. The molecule has 0 spiro atoms. The summed E-state index contributed by atoms with van der Waals surface area (Å²) in [5.74, 6) is -3.50. The Labute approximate surface area is 386 Å². The quantitative estimate of drug-likeness (QED) is 0.121. The van der Waals surface area contributed by atoms with Gasteiger partial charge >= 0.3 is 5.97 Å². The van der Waals surface area contributed by atoms with E-state index in [4.69, 9.17) is 0 Å². The summed E-state index contributed by atoms with van der Waals surface area (Å²) >= 11 is 3.24. The molecule has 2 aliphatic carbocycles. The summed E-state index contributed by atoms with van der Waals surface area (Å²) in [4.78, 5) is 15.9. The zero-order valence-corrected chi connectivity index (χ0v) is 37.9. The number of carbonyl (C=O) groups is 1. The van der Waals surface area contributed by atoms with Crippen molar-refractivity contribution in [1.82, 2.24) is 8.75 Å². The van der Waals surface area contributed by atoms with Gasteiger partial charge in [-0.2, -0.15) is 14.0 Å². The van der Waals surface area contributed by atoms with E-state index in [2.05, 4.69) is 151 Å². The minimum absolute atomic E-state index is 0.0340. The van der Waals surface area contributed by atoms with Crippen LogP contribution >= 0.6 is 34.4 Å². The lowest BCUT2D eigenvalue weighted by atomic mass is 9.82. The second-order valence-corrected chi connectivity index (χ2v) is 20.1. The number of nitrogens with zero attached hydrogens (tertiary/aromatic N) is 4. The minimum atomic E-state index is -1.37. The fourth-order valence-corrected chi connectivity index (χ4v) is 12.4. The summed E-state index contributed by atoms with van der Waals surface area (Å²) in [6.45, 7) is 9.19. The van der Waals surface area contributed by atoms with Crippen molar-refractivity contribution in [2.75, 3.05) is 4.90 Å². The van der Waals surface area contributed by atoms with Crippen molar-refractivity contribution in [3.63, 3.8) is 0 Å². The first-order valence-corrected chi connectivity index (χ1v) is 23.3. The van der Waals surface area contributed by atoms with E-state index in [1.165, 1.54) is 61.9 Å². The molecule has 65 heavy (non-hydrogen) atoms. The van der Waals surface area contributed by atoms with Crippen LogP contribution in [0.1, 0.15) is 54.8 Å². The second-order valence-electron chi connectivity index (χ2n) is 17.4. The molecule has 0 unspecified atom stereocenters. The molecule has 0 atom stereocenters. The predicted octanol–water partition coefficient (Wildman–Crippen LogP) is 15.2. The summed E-state index contributed by atoms with van der Waals surface area (Å²) in [6, 6.07) is 47.8. The Kier molecular flexibility index (Phi) is 9.38. The first-order valence-electron chi connectivity index (χ1n) is 20.9. The van der Waals surface area contributed by atoms with Crippen molar-refractivity contribution < 1.29 is 18.7 Å². The van der Waals surface area contributed by atoms with Gasteiger partial charge in [0.25, 0.3) is 0 Å². The number of aliphatic carboxylic acids is 1. The van der Waals surface area contributed by atoms with Crippen LogP contribution < -0.4 is 4.90 Å². The molecule has 0 amide bonds. The number of aromatic nitrogens is 2. The summed E-state index contributed by atoms with van der Waals surface area (Å²) in [6.07, 6.45) is 1.20. The third kappa shape index (κ3) is 6.31. The van der Waals surface area contributed by atoms with Crippen LogP contribution in [0.4, 0.5) is 25.8 Å². The van der Waals surface area contributed by atoms with Crippen LogP contribution in [0, 0.1) is 23.0 Å². The number of hydrogen-bond acceptors (Lipinski definition) is 8. The third-order valence-corrected chi connectivity index (χ3v) is 15.7. The molecule has 0 aliphatic heterocycles. The molecule has 3 heterocycles. The van der Waals surface area contributed by atoms with E-state index < -0.39 is 23.2 Å². The number of carboxylic acids is 1. The number of rotatable bonds is 8. The molecule has 6 nitrogen and oxygen atoms in total. The highest BCUT2D eigenvalue weighted by Gasteiger charge is 2.38. The highest BCUT2D eigenvalue weighted by molar-refractivity contribution is 7.19. The lowest BCUT2D eigenvalue weighted by Crippen LogP contribution is -2.18. The van der Waals surface area contributed by atoms with E-state index >= 15 is 8.78 Å². The van der Waals surface area contributed by atoms with Crippen LogP contribution in [0.15, 0.2) is 139 Å². The largest absolute Gasteiger partial charge is 0.477 e.